The number of hydrogen-bond donors (Lipinski definition) is 7. The number of aliphatic hydroxyl groups is 1. The lowest BCUT2D eigenvalue weighted by Gasteiger charge is -2.26. The van der Waals surface area contributed by atoms with Crippen molar-refractivity contribution in [2.45, 2.75) is 300 Å². The van der Waals surface area contributed by atoms with E-state index in [4.69, 9.17) is 32.9 Å². The van der Waals surface area contributed by atoms with Gasteiger partial charge in [0.05, 0.1) is 13.2 Å². The highest BCUT2D eigenvalue weighted by atomic mass is 31.2. The van der Waals surface area contributed by atoms with Crippen molar-refractivity contribution >= 4 is 53.1 Å². The predicted molar refractivity (Wildman–Crippen MR) is 363 cm³/mol. The van der Waals surface area contributed by atoms with Crippen molar-refractivity contribution in [1.29, 1.82) is 0 Å². The van der Waals surface area contributed by atoms with E-state index in [1.807, 2.05) is 0 Å². The largest absolute Gasteiger partial charge is 0.756 e. The zero-order valence-electron chi connectivity index (χ0n) is 54.4. The monoisotopic (exact) mass is 1350 g/mol. The molecule has 0 bridgehead atoms. The quantitative estimate of drug-likeness (QED) is 0.00977. The molecule has 0 saturated heterocycles. The molecule has 28 heteroatoms. The van der Waals surface area contributed by atoms with Crippen LogP contribution in [-0.2, 0) is 50.7 Å². The summed E-state index contributed by atoms with van der Waals surface area (Å²) in [6.07, 6.45) is 40.6. The summed E-state index contributed by atoms with van der Waals surface area (Å²) in [5.41, 5.74) is 21.5. The third-order valence-corrected chi connectivity index (χ3v) is 16.2. The minimum Gasteiger partial charge on any atom is -0.756 e. The second-order valence-electron chi connectivity index (χ2n) is 22.0. The first-order valence-corrected chi connectivity index (χ1v) is 37.4. The fraction of sp³-hybridized carbons (Fsp3) is 0.919. The van der Waals surface area contributed by atoms with Gasteiger partial charge in [0.2, 0.25) is 17.7 Å². The molecule has 90 heavy (non-hydrogen) atoms. The van der Waals surface area contributed by atoms with Crippen LogP contribution < -0.4 is 42.9 Å². The molecule has 3 unspecified atom stereocenters. The average molecular weight is 1360 g/mol. The summed E-state index contributed by atoms with van der Waals surface area (Å²) >= 11 is 0. The lowest BCUT2D eigenvalue weighted by atomic mass is 10.1. The molecular weight excluding hydrogens is 1220 g/mol. The van der Waals surface area contributed by atoms with Crippen molar-refractivity contribution in [2.75, 3.05) is 72.6 Å². The molecular formula is C62H135N9O16P3-3. The van der Waals surface area contributed by atoms with Crippen molar-refractivity contribution in [2.24, 2.45) is 32.9 Å². The highest BCUT2D eigenvalue weighted by Gasteiger charge is 2.20. The predicted octanol–water partition coefficient (Wildman–Crippen LogP) is 11.9. The zero-order chi connectivity index (χ0) is 65.6. The van der Waals surface area contributed by atoms with E-state index in [1.165, 1.54) is 141 Å². The number of guanidine groups is 2. The molecule has 0 radical (unpaired) electrons. The van der Waals surface area contributed by atoms with Crippen LogP contribution in [0.1, 0.15) is 300 Å². The second-order valence-corrected chi connectivity index (χ2v) is 26.0. The van der Waals surface area contributed by atoms with Gasteiger partial charge in [-0.2, -0.15) is 0 Å². The van der Waals surface area contributed by atoms with Crippen LogP contribution in [0.2, 0.25) is 0 Å². The zero-order valence-corrected chi connectivity index (χ0v) is 57.1. The number of rotatable bonds is 60. The van der Waals surface area contributed by atoms with Crippen molar-refractivity contribution in [3.63, 3.8) is 0 Å². The highest BCUT2D eigenvalue weighted by Crippen LogP contribution is 2.41. The van der Waals surface area contributed by atoms with E-state index in [-0.39, 0.29) is 110 Å². The molecule has 0 rings (SSSR count). The van der Waals surface area contributed by atoms with E-state index in [9.17, 15) is 42.8 Å². The number of nitrogens with zero attached hydrogens (tertiary/aromatic N) is 4. The number of carbonyl (C=O) groups is 3. The molecule has 25 nitrogen and oxygen atoms in total. The standard InChI is InChI=1S/C33H70N9O16P3.2C13H28.3CH4/c34-32(35)39-19-9-1-4-11-21-41(23-16-29(44)38-18-8-3-6-13-25-54-60(50,51)56-27-43)31(46)17-24-42(22-12-5-2-10-20-40-33(36)37)30(45)15-7-14-26-55-61(52,53)58-28-57-59(47,48)49;2*1-3-5-7-9-11-13-12-10-8-6-4-2;;;/h43H,1-28H2,(H,38,44)(H,50,51)(H,52,53)(H4,34,35,39)(H4,36,37,40)(H2,47,48,49);2*3-13H2,1-2H3;3*1H4/p-3. The number of carbonyl (C=O) groups excluding carboxylic acids is 3. The molecule has 11 N–H and O–H groups in total. The molecule has 3 amide bonds. The van der Waals surface area contributed by atoms with Gasteiger partial charge >= 0.3 is 0 Å². The Bertz CT molecular complexity index is 1780. The number of unbranched alkanes of at least 4 members (excludes halogenated alkanes) is 30. The smallest absolute Gasteiger partial charge is 0.270 e. The maximum absolute atomic E-state index is 13.6. The van der Waals surface area contributed by atoms with E-state index in [1.54, 1.807) is 9.80 Å². The van der Waals surface area contributed by atoms with Crippen LogP contribution >= 0.6 is 23.5 Å². The van der Waals surface area contributed by atoms with Crippen molar-refractivity contribution in [1.82, 2.24) is 15.1 Å². The lowest BCUT2D eigenvalue weighted by molar-refractivity contribution is -0.241. The fourth-order valence-electron chi connectivity index (χ4n) is 8.86. The molecule has 0 spiro atoms. The first-order chi connectivity index (χ1) is 41.6. The van der Waals surface area contributed by atoms with Gasteiger partial charge in [-0.25, -0.2) is 0 Å². The van der Waals surface area contributed by atoms with Crippen molar-refractivity contribution in [3.8, 4) is 0 Å². The Kier molecular flexibility index (Phi) is 77.1. The minimum atomic E-state index is -5.20. The summed E-state index contributed by atoms with van der Waals surface area (Å²) < 4.78 is 55.0. The summed E-state index contributed by atoms with van der Waals surface area (Å²) in [6, 6.07) is 0. The Balaban J connectivity index is -0.000000500. The van der Waals surface area contributed by atoms with Crippen LogP contribution in [0, 0.1) is 0 Å². The molecule has 0 fully saturated rings. The summed E-state index contributed by atoms with van der Waals surface area (Å²) in [6.45, 7) is 8.69. The third kappa shape index (κ3) is 77.7. The number of nitrogens with one attached hydrogen (secondary N) is 1. The third-order valence-electron chi connectivity index (χ3n) is 13.9. The molecule has 0 aromatic rings. The van der Waals surface area contributed by atoms with E-state index < -0.39 is 37.1 Å². The van der Waals surface area contributed by atoms with Crippen LogP contribution in [0.15, 0.2) is 9.98 Å². The molecule has 0 aliphatic rings. The van der Waals surface area contributed by atoms with Gasteiger partial charge in [0.1, 0.15) is 0 Å². The summed E-state index contributed by atoms with van der Waals surface area (Å²) in [5, 5.41) is 11.4. The Morgan fingerprint density at radius 1 is 0.422 bits per heavy atom. The van der Waals surface area contributed by atoms with Crippen LogP contribution in [0.4, 0.5) is 0 Å². The number of aliphatic imine (C=N–C) groups is 2. The number of aliphatic hydroxyl groups excluding tert-OH is 1. The molecule has 0 saturated carbocycles. The maximum atomic E-state index is 13.6. The number of hydrogen-bond acceptors (Lipinski definition) is 17. The average Bonchev–Trinajstić information content (AvgIpc) is 3.67. The van der Waals surface area contributed by atoms with Gasteiger partial charge in [0.25, 0.3) is 23.5 Å². The minimum absolute atomic E-state index is 0. The molecule has 0 heterocycles. The normalized spacial score (nSPS) is 12.7. The van der Waals surface area contributed by atoms with Gasteiger partial charge in [-0.3, -0.25) is 51.6 Å². The number of nitrogens with two attached hydrogens (primary N) is 4. The first-order valence-electron chi connectivity index (χ1n) is 33.0. The van der Waals surface area contributed by atoms with E-state index >= 15 is 0 Å². The van der Waals surface area contributed by atoms with E-state index in [0.29, 0.717) is 71.2 Å². The van der Waals surface area contributed by atoms with Gasteiger partial charge in [-0.05, 0) is 51.4 Å². The van der Waals surface area contributed by atoms with Gasteiger partial charge in [-0.1, -0.05) is 230 Å². The van der Waals surface area contributed by atoms with Crippen LogP contribution in [0.5, 0.6) is 0 Å². The topological polar surface area (TPSA) is 406 Å². The highest BCUT2D eigenvalue weighted by molar-refractivity contribution is 7.46. The number of phosphoric acid groups is 3. The van der Waals surface area contributed by atoms with Gasteiger partial charge < -0.3 is 71.8 Å². The summed E-state index contributed by atoms with van der Waals surface area (Å²) in [7, 11) is -14.7. The molecule has 3 atom stereocenters. The van der Waals surface area contributed by atoms with Crippen LogP contribution in [-0.4, -0.2) is 122 Å². The van der Waals surface area contributed by atoms with Crippen LogP contribution in [0.3, 0.4) is 0 Å². The molecule has 0 aromatic carbocycles. The number of amides is 3. The van der Waals surface area contributed by atoms with Crippen molar-refractivity contribution < 1.29 is 75.4 Å². The van der Waals surface area contributed by atoms with E-state index in [2.05, 4.69) is 65.6 Å². The Morgan fingerprint density at radius 2 is 0.756 bits per heavy atom. The second kappa shape index (κ2) is 70.6. The fourth-order valence-corrected chi connectivity index (χ4v) is 10.3. The Morgan fingerprint density at radius 3 is 1.14 bits per heavy atom. The maximum Gasteiger partial charge on any atom is 0.270 e. The van der Waals surface area contributed by atoms with Crippen molar-refractivity contribution in [3.05, 3.63) is 0 Å². The summed E-state index contributed by atoms with van der Waals surface area (Å²) in [4.78, 5) is 93.0. The Hall–Kier alpha value is -2.76. The van der Waals surface area contributed by atoms with E-state index in [0.717, 1.165) is 38.5 Å². The first kappa shape index (κ1) is 98.3. The molecule has 0 aromatic heterocycles. The molecule has 0 aliphatic carbocycles. The Labute approximate surface area is 547 Å². The van der Waals surface area contributed by atoms with Crippen LogP contribution in [0.25, 0.3) is 0 Å². The SMILES string of the molecule is C.C.C.CCCCCCCCCCCCC.CCCCCCCCCCCCC.NC(N)=NCCCCCCN(CCC(=O)NCCCCCCOP(=O)([O-])OCO)C(=O)CCN(CCCCCCN=C(N)N)C(=O)CCCCOP(=O)([O-])OCOP(=O)([O-])O. The van der Waals surface area contributed by atoms with Gasteiger partial charge in [-0.15, -0.1) is 0 Å². The summed E-state index contributed by atoms with van der Waals surface area (Å²) in [5.74, 6) is -0.742. The lowest BCUT2D eigenvalue weighted by Crippen LogP contribution is -2.39. The van der Waals surface area contributed by atoms with Gasteiger partial charge in [0, 0.05) is 65.1 Å². The molecule has 0 aliphatic heterocycles. The van der Waals surface area contributed by atoms with Gasteiger partial charge in [0.15, 0.2) is 25.5 Å². The molecule has 542 valence electrons. The number of phosphoric ester groups is 3.